The number of amides is 2. The van der Waals surface area contributed by atoms with Gasteiger partial charge in [0.15, 0.2) is 0 Å². The van der Waals surface area contributed by atoms with Crippen LogP contribution in [0.5, 0.6) is 5.75 Å². The topological polar surface area (TPSA) is 49.9 Å². The van der Waals surface area contributed by atoms with E-state index in [1.54, 1.807) is 7.11 Å². The molecule has 0 aromatic heterocycles. The van der Waals surface area contributed by atoms with E-state index in [0.717, 1.165) is 36.3 Å². The lowest BCUT2D eigenvalue weighted by Gasteiger charge is -2.22. The van der Waals surface area contributed by atoms with Gasteiger partial charge < -0.3 is 14.5 Å². The zero-order valence-corrected chi connectivity index (χ0v) is 15.0. The Morgan fingerprint density at radius 3 is 2.38 bits per heavy atom. The molecule has 0 radical (unpaired) electrons. The van der Waals surface area contributed by atoms with Crippen LogP contribution in [0.2, 0.25) is 0 Å². The Morgan fingerprint density at radius 2 is 1.75 bits per heavy atom. The van der Waals surface area contributed by atoms with Crippen LogP contribution >= 0.6 is 0 Å². The zero-order chi connectivity index (χ0) is 17.5. The van der Waals surface area contributed by atoms with Crippen molar-refractivity contribution in [2.24, 2.45) is 0 Å². The fourth-order valence-corrected chi connectivity index (χ4v) is 3.11. The van der Waals surface area contributed by atoms with Crippen LogP contribution in [0.1, 0.15) is 37.3 Å². The highest BCUT2D eigenvalue weighted by Gasteiger charge is 2.22. The molecule has 1 aromatic rings. The summed E-state index contributed by atoms with van der Waals surface area (Å²) in [7, 11) is 1.63. The van der Waals surface area contributed by atoms with Crippen LogP contribution in [0, 0.1) is 6.92 Å². The molecule has 1 heterocycles. The number of nitrogens with zero attached hydrogens (tertiary/aromatic N) is 2. The van der Waals surface area contributed by atoms with E-state index in [1.807, 2.05) is 41.8 Å². The summed E-state index contributed by atoms with van der Waals surface area (Å²) in [5.74, 6) is 1.05. The summed E-state index contributed by atoms with van der Waals surface area (Å²) in [6.07, 6.45) is 2.64. The lowest BCUT2D eigenvalue weighted by Crippen LogP contribution is -2.37. The van der Waals surface area contributed by atoms with E-state index in [2.05, 4.69) is 0 Å². The molecule has 0 N–H and O–H groups in total. The number of benzene rings is 1. The van der Waals surface area contributed by atoms with E-state index in [9.17, 15) is 9.59 Å². The maximum absolute atomic E-state index is 12.7. The van der Waals surface area contributed by atoms with Crippen LogP contribution in [0.15, 0.2) is 18.2 Å². The van der Waals surface area contributed by atoms with Gasteiger partial charge in [-0.1, -0.05) is 24.6 Å². The van der Waals surface area contributed by atoms with Crippen LogP contribution in [0.25, 0.3) is 0 Å². The van der Waals surface area contributed by atoms with Gasteiger partial charge in [-0.15, -0.1) is 0 Å². The molecule has 1 aromatic carbocycles. The van der Waals surface area contributed by atoms with Crippen molar-refractivity contribution in [3.8, 4) is 5.75 Å². The van der Waals surface area contributed by atoms with Gasteiger partial charge in [0.25, 0.3) is 0 Å². The first-order chi connectivity index (χ1) is 11.5. The van der Waals surface area contributed by atoms with E-state index in [-0.39, 0.29) is 11.8 Å². The van der Waals surface area contributed by atoms with Gasteiger partial charge in [0, 0.05) is 38.2 Å². The Hall–Kier alpha value is -2.04. The summed E-state index contributed by atoms with van der Waals surface area (Å²) < 4.78 is 5.37. The first-order valence-electron chi connectivity index (χ1n) is 8.74. The van der Waals surface area contributed by atoms with Crippen LogP contribution in [0.3, 0.4) is 0 Å². The van der Waals surface area contributed by atoms with E-state index in [4.69, 9.17) is 4.74 Å². The number of carbonyl (C=O) groups excluding carboxylic acids is 2. The highest BCUT2D eigenvalue weighted by molar-refractivity contribution is 5.80. The number of carbonyl (C=O) groups is 2. The average molecular weight is 332 g/mol. The van der Waals surface area contributed by atoms with E-state index in [1.165, 1.54) is 0 Å². The third-order valence-electron chi connectivity index (χ3n) is 4.44. The lowest BCUT2D eigenvalue weighted by atomic mass is 10.1. The average Bonchev–Trinajstić information content (AvgIpc) is 2.81. The quantitative estimate of drug-likeness (QED) is 0.832. The van der Waals surface area contributed by atoms with Crippen molar-refractivity contribution in [3.63, 3.8) is 0 Å². The van der Waals surface area contributed by atoms with Crippen LogP contribution in [-0.2, 0) is 16.0 Å². The second-order valence-electron chi connectivity index (χ2n) is 6.36. The van der Waals surface area contributed by atoms with Crippen molar-refractivity contribution in [2.75, 3.05) is 33.3 Å². The van der Waals surface area contributed by atoms with Crippen molar-refractivity contribution in [3.05, 3.63) is 29.3 Å². The van der Waals surface area contributed by atoms with Gasteiger partial charge in [0.1, 0.15) is 5.75 Å². The SMILES string of the molecule is CCCC(=O)N1CCCN(C(=O)Cc2cc(C)ccc2OC)CC1. The molecule has 24 heavy (non-hydrogen) atoms. The second-order valence-corrected chi connectivity index (χ2v) is 6.36. The van der Waals surface area contributed by atoms with Crippen molar-refractivity contribution in [1.82, 2.24) is 9.80 Å². The number of aryl methyl sites for hydroxylation is 1. The molecular formula is C19H28N2O3. The lowest BCUT2D eigenvalue weighted by molar-refractivity contribution is -0.133. The summed E-state index contributed by atoms with van der Waals surface area (Å²) >= 11 is 0. The Labute approximate surface area is 144 Å². The Bertz CT molecular complexity index is 586. The second kappa shape index (κ2) is 8.71. The van der Waals surface area contributed by atoms with Gasteiger partial charge in [-0.05, 0) is 25.8 Å². The molecule has 132 valence electrons. The Morgan fingerprint density at radius 1 is 1.08 bits per heavy atom. The number of rotatable bonds is 5. The summed E-state index contributed by atoms with van der Waals surface area (Å²) in [6, 6.07) is 5.90. The summed E-state index contributed by atoms with van der Waals surface area (Å²) in [6.45, 7) is 6.73. The fraction of sp³-hybridized carbons (Fsp3) is 0.579. The van der Waals surface area contributed by atoms with Crippen molar-refractivity contribution >= 4 is 11.8 Å². The van der Waals surface area contributed by atoms with Crippen LogP contribution in [-0.4, -0.2) is 54.9 Å². The number of hydrogen-bond donors (Lipinski definition) is 0. The predicted molar refractivity (Wildman–Crippen MR) is 94.1 cm³/mol. The van der Waals surface area contributed by atoms with E-state index in [0.29, 0.717) is 32.5 Å². The molecule has 1 fully saturated rings. The standard InChI is InChI=1S/C19H28N2O3/c1-4-6-18(22)20-9-5-10-21(12-11-20)19(23)14-16-13-15(2)7-8-17(16)24-3/h7-8,13H,4-6,9-12,14H2,1-3H3. The Balaban J connectivity index is 1.98. The molecule has 5 heteroatoms. The number of methoxy groups -OCH3 is 1. The molecule has 0 atom stereocenters. The van der Waals surface area contributed by atoms with E-state index >= 15 is 0 Å². The maximum atomic E-state index is 12.7. The first-order valence-corrected chi connectivity index (χ1v) is 8.74. The van der Waals surface area contributed by atoms with Crippen molar-refractivity contribution in [1.29, 1.82) is 0 Å². The van der Waals surface area contributed by atoms with Gasteiger partial charge in [0.2, 0.25) is 11.8 Å². The van der Waals surface area contributed by atoms with Crippen LogP contribution in [0.4, 0.5) is 0 Å². The van der Waals surface area contributed by atoms with Crippen molar-refractivity contribution in [2.45, 2.75) is 39.5 Å². The minimum Gasteiger partial charge on any atom is -0.496 e. The van der Waals surface area contributed by atoms with Gasteiger partial charge in [-0.25, -0.2) is 0 Å². The van der Waals surface area contributed by atoms with E-state index < -0.39 is 0 Å². The minimum atomic E-state index is 0.101. The maximum Gasteiger partial charge on any atom is 0.227 e. The molecule has 5 nitrogen and oxygen atoms in total. The first kappa shape index (κ1) is 18.3. The molecule has 1 saturated heterocycles. The van der Waals surface area contributed by atoms with Crippen LogP contribution < -0.4 is 4.74 Å². The van der Waals surface area contributed by atoms with Crippen molar-refractivity contribution < 1.29 is 14.3 Å². The van der Waals surface area contributed by atoms with Gasteiger partial charge >= 0.3 is 0 Å². The third kappa shape index (κ3) is 4.73. The molecule has 0 bridgehead atoms. The third-order valence-corrected chi connectivity index (χ3v) is 4.44. The van der Waals surface area contributed by atoms with Gasteiger partial charge in [-0.3, -0.25) is 9.59 Å². The minimum absolute atomic E-state index is 0.101. The summed E-state index contributed by atoms with van der Waals surface area (Å²) in [5, 5.41) is 0. The Kier molecular flexibility index (Phi) is 6.64. The fourth-order valence-electron chi connectivity index (χ4n) is 3.11. The smallest absolute Gasteiger partial charge is 0.227 e. The van der Waals surface area contributed by atoms with Gasteiger partial charge in [0.05, 0.1) is 13.5 Å². The summed E-state index contributed by atoms with van der Waals surface area (Å²) in [5.41, 5.74) is 2.04. The molecule has 0 saturated carbocycles. The monoisotopic (exact) mass is 332 g/mol. The number of hydrogen-bond acceptors (Lipinski definition) is 3. The summed E-state index contributed by atoms with van der Waals surface area (Å²) in [4.78, 5) is 28.5. The molecule has 1 aliphatic rings. The molecule has 2 rings (SSSR count). The molecule has 0 spiro atoms. The number of ether oxygens (including phenoxy) is 1. The largest absolute Gasteiger partial charge is 0.496 e. The molecule has 0 aliphatic carbocycles. The molecule has 0 unspecified atom stereocenters. The highest BCUT2D eigenvalue weighted by atomic mass is 16.5. The predicted octanol–water partition coefficient (Wildman–Crippen LogP) is 2.41. The normalized spacial score (nSPS) is 15.1. The highest BCUT2D eigenvalue weighted by Crippen LogP contribution is 2.21. The molecule has 2 amide bonds. The molecular weight excluding hydrogens is 304 g/mol. The zero-order valence-electron chi connectivity index (χ0n) is 15.0. The molecule has 1 aliphatic heterocycles. The van der Waals surface area contributed by atoms with Gasteiger partial charge in [-0.2, -0.15) is 0 Å².